The molecular formula is C25H16Cl3N3O6. The maximum atomic E-state index is 13.0. The summed E-state index contributed by atoms with van der Waals surface area (Å²) in [5.74, 6) is -2.35. The fourth-order valence-corrected chi connectivity index (χ4v) is 4.14. The Bertz CT molecular complexity index is 1430. The Morgan fingerprint density at radius 2 is 1.62 bits per heavy atom. The van der Waals surface area contributed by atoms with Crippen molar-refractivity contribution >= 4 is 76.0 Å². The second-order valence-electron chi connectivity index (χ2n) is 7.60. The highest BCUT2D eigenvalue weighted by molar-refractivity contribution is 6.40. The molecule has 0 bridgehead atoms. The third-order valence-electron chi connectivity index (χ3n) is 5.04. The van der Waals surface area contributed by atoms with Crippen LogP contribution in [0.2, 0.25) is 15.1 Å². The van der Waals surface area contributed by atoms with E-state index in [1.165, 1.54) is 42.5 Å². The number of benzene rings is 3. The van der Waals surface area contributed by atoms with Crippen LogP contribution >= 0.6 is 34.8 Å². The van der Waals surface area contributed by atoms with Crippen molar-refractivity contribution in [1.82, 2.24) is 5.32 Å². The van der Waals surface area contributed by atoms with Gasteiger partial charge in [0.05, 0.1) is 26.4 Å². The Morgan fingerprint density at radius 3 is 2.27 bits per heavy atom. The van der Waals surface area contributed by atoms with Crippen molar-refractivity contribution in [2.75, 3.05) is 16.8 Å². The maximum absolute atomic E-state index is 13.0. The van der Waals surface area contributed by atoms with Crippen LogP contribution in [0.5, 0.6) is 11.5 Å². The number of carbonyl (C=O) groups excluding carboxylic acids is 4. The molecule has 9 nitrogen and oxygen atoms in total. The lowest BCUT2D eigenvalue weighted by Gasteiger charge is -2.26. The zero-order chi connectivity index (χ0) is 26.7. The Kier molecular flexibility index (Phi) is 7.68. The van der Waals surface area contributed by atoms with Gasteiger partial charge in [0.25, 0.3) is 17.7 Å². The topological polar surface area (TPSA) is 125 Å². The second-order valence-corrected chi connectivity index (χ2v) is 8.83. The fourth-order valence-electron chi connectivity index (χ4n) is 3.35. The minimum Gasteiger partial charge on any atom is -0.508 e. The second kappa shape index (κ2) is 10.9. The van der Waals surface area contributed by atoms with Crippen molar-refractivity contribution in [3.05, 3.63) is 86.9 Å². The van der Waals surface area contributed by atoms with E-state index in [1.807, 2.05) is 0 Å². The van der Waals surface area contributed by atoms with Gasteiger partial charge in [0.2, 0.25) is 0 Å². The monoisotopic (exact) mass is 559 g/mol. The largest absolute Gasteiger partial charge is 0.508 e. The van der Waals surface area contributed by atoms with E-state index in [9.17, 15) is 24.3 Å². The number of ether oxygens (including phenoxy) is 1. The number of carbonyl (C=O) groups is 4. The SMILES string of the molecule is O=C(COc1c(Cl)cc(/C=C2/C(=O)NC(=O)N(c3ccc(O)cc3)C2=O)cc1Cl)Nc1ccccc1Cl. The minimum atomic E-state index is -0.937. The van der Waals surface area contributed by atoms with Crippen molar-refractivity contribution in [3.63, 3.8) is 0 Å². The first kappa shape index (κ1) is 26.0. The summed E-state index contributed by atoms with van der Waals surface area (Å²) in [6, 6.07) is 13.8. The lowest BCUT2D eigenvalue weighted by Crippen LogP contribution is -2.54. The van der Waals surface area contributed by atoms with E-state index >= 15 is 0 Å². The summed E-state index contributed by atoms with van der Waals surface area (Å²) >= 11 is 18.6. The molecule has 188 valence electrons. The highest BCUT2D eigenvalue weighted by atomic mass is 35.5. The molecule has 0 aliphatic carbocycles. The molecule has 3 aromatic rings. The first-order valence-corrected chi connectivity index (χ1v) is 11.6. The number of urea groups is 1. The summed E-state index contributed by atoms with van der Waals surface area (Å²) in [7, 11) is 0. The molecule has 1 aliphatic heterocycles. The minimum absolute atomic E-state index is 0.0139. The molecule has 0 radical (unpaired) electrons. The van der Waals surface area contributed by atoms with Crippen LogP contribution in [-0.2, 0) is 14.4 Å². The van der Waals surface area contributed by atoms with Crippen molar-refractivity contribution < 1.29 is 29.0 Å². The predicted octanol–water partition coefficient (Wildman–Crippen LogP) is 5.04. The summed E-state index contributed by atoms with van der Waals surface area (Å²) in [6.45, 7) is -0.421. The molecule has 0 aromatic heterocycles. The van der Waals surface area contributed by atoms with Gasteiger partial charge in [0.15, 0.2) is 12.4 Å². The number of phenolic OH excluding ortho intramolecular Hbond substituents is 1. The first-order chi connectivity index (χ1) is 17.6. The number of halogens is 3. The smallest absolute Gasteiger partial charge is 0.335 e. The zero-order valence-corrected chi connectivity index (χ0v) is 20.9. The van der Waals surface area contributed by atoms with Crippen LogP contribution < -0.4 is 20.3 Å². The number of imide groups is 2. The Labute approximate surface area is 225 Å². The van der Waals surface area contributed by atoms with E-state index < -0.39 is 30.4 Å². The average Bonchev–Trinajstić information content (AvgIpc) is 2.84. The van der Waals surface area contributed by atoms with Gasteiger partial charge in [-0.05, 0) is 60.2 Å². The number of phenols is 1. The van der Waals surface area contributed by atoms with Crippen molar-refractivity contribution in [3.8, 4) is 11.5 Å². The Balaban J connectivity index is 1.53. The number of nitrogens with zero attached hydrogens (tertiary/aromatic N) is 1. The van der Waals surface area contributed by atoms with Gasteiger partial charge in [-0.15, -0.1) is 0 Å². The van der Waals surface area contributed by atoms with Crippen molar-refractivity contribution in [2.24, 2.45) is 0 Å². The van der Waals surface area contributed by atoms with E-state index in [1.54, 1.807) is 24.3 Å². The lowest BCUT2D eigenvalue weighted by atomic mass is 10.1. The van der Waals surface area contributed by atoms with Gasteiger partial charge in [-0.25, -0.2) is 9.69 Å². The molecule has 0 unspecified atom stereocenters. The highest BCUT2D eigenvalue weighted by Gasteiger charge is 2.36. The third kappa shape index (κ3) is 5.86. The van der Waals surface area contributed by atoms with Gasteiger partial charge in [-0.3, -0.25) is 19.7 Å². The standard InChI is InChI=1S/C25H16Cl3N3O6/c26-17-3-1-2-4-20(17)29-21(33)12-37-22-18(27)10-13(11-19(22)28)9-16-23(34)30-25(36)31(24(16)35)14-5-7-15(32)8-6-14/h1-11,32H,12H2,(H,29,33)(H,30,34,36)/b16-9-. The number of para-hydroxylation sites is 1. The number of amides is 5. The van der Waals surface area contributed by atoms with Crippen LogP contribution in [0.4, 0.5) is 16.2 Å². The molecule has 1 heterocycles. The summed E-state index contributed by atoms with van der Waals surface area (Å²) in [5, 5.41) is 14.5. The average molecular weight is 561 g/mol. The van der Waals surface area contributed by atoms with Gasteiger partial charge in [-0.2, -0.15) is 0 Å². The lowest BCUT2D eigenvalue weighted by molar-refractivity contribution is -0.122. The molecule has 1 saturated heterocycles. The molecule has 3 N–H and O–H groups in total. The number of rotatable bonds is 6. The number of barbiturate groups is 1. The summed E-state index contributed by atoms with van der Waals surface area (Å²) in [6.07, 6.45) is 1.21. The van der Waals surface area contributed by atoms with E-state index in [0.29, 0.717) is 10.7 Å². The van der Waals surface area contributed by atoms with Crippen LogP contribution in [0.25, 0.3) is 6.08 Å². The molecule has 0 saturated carbocycles. The molecule has 4 rings (SSSR count). The fraction of sp³-hybridized carbons (Fsp3) is 0.0400. The van der Waals surface area contributed by atoms with Gasteiger partial charge in [0.1, 0.15) is 11.3 Å². The van der Waals surface area contributed by atoms with Gasteiger partial charge < -0.3 is 15.2 Å². The molecule has 5 amide bonds. The molecule has 37 heavy (non-hydrogen) atoms. The van der Waals surface area contributed by atoms with Crippen LogP contribution in [0.15, 0.2) is 66.2 Å². The molecule has 1 fully saturated rings. The zero-order valence-electron chi connectivity index (χ0n) is 18.6. The summed E-state index contributed by atoms with van der Waals surface area (Å²) in [4.78, 5) is 50.7. The summed E-state index contributed by atoms with van der Waals surface area (Å²) < 4.78 is 5.47. The van der Waals surface area contributed by atoms with E-state index in [4.69, 9.17) is 39.5 Å². The molecule has 0 spiro atoms. The Hall–Kier alpha value is -4.05. The Morgan fingerprint density at radius 1 is 0.973 bits per heavy atom. The number of anilines is 2. The third-order valence-corrected chi connectivity index (χ3v) is 5.93. The summed E-state index contributed by atoms with van der Waals surface area (Å²) in [5.41, 5.74) is 0.467. The quantitative estimate of drug-likeness (QED) is 0.287. The number of hydrogen-bond donors (Lipinski definition) is 3. The maximum Gasteiger partial charge on any atom is 0.335 e. The van der Waals surface area contributed by atoms with Crippen LogP contribution in [-0.4, -0.2) is 35.5 Å². The molecule has 0 atom stereocenters. The molecule has 1 aliphatic rings. The normalized spacial score (nSPS) is 14.5. The number of nitrogens with one attached hydrogen (secondary N) is 2. The molecular weight excluding hydrogens is 545 g/mol. The van der Waals surface area contributed by atoms with E-state index in [0.717, 1.165) is 4.90 Å². The van der Waals surface area contributed by atoms with Crippen LogP contribution in [0.3, 0.4) is 0 Å². The van der Waals surface area contributed by atoms with Gasteiger partial charge in [-0.1, -0.05) is 46.9 Å². The molecule has 3 aromatic carbocycles. The number of hydrogen-bond acceptors (Lipinski definition) is 6. The first-order valence-electron chi connectivity index (χ1n) is 10.5. The number of aromatic hydroxyl groups is 1. The van der Waals surface area contributed by atoms with Gasteiger partial charge >= 0.3 is 6.03 Å². The van der Waals surface area contributed by atoms with Crippen molar-refractivity contribution in [1.29, 1.82) is 0 Å². The van der Waals surface area contributed by atoms with E-state index in [2.05, 4.69) is 10.6 Å². The van der Waals surface area contributed by atoms with Crippen LogP contribution in [0.1, 0.15) is 5.56 Å². The van der Waals surface area contributed by atoms with Crippen molar-refractivity contribution in [2.45, 2.75) is 0 Å². The predicted molar refractivity (Wildman–Crippen MR) is 139 cm³/mol. The highest BCUT2D eigenvalue weighted by Crippen LogP contribution is 2.35. The van der Waals surface area contributed by atoms with E-state index in [-0.39, 0.29) is 38.4 Å². The van der Waals surface area contributed by atoms with Crippen LogP contribution in [0, 0.1) is 0 Å². The molecule has 12 heteroatoms. The van der Waals surface area contributed by atoms with Gasteiger partial charge in [0, 0.05) is 0 Å².